The molecule has 2 amide bonds. The molecule has 2 N–H and O–H groups in total. The molecular weight excluding hydrogens is 368 g/mol. The number of thioether (sulfide) groups is 1. The van der Waals surface area contributed by atoms with Crippen LogP contribution >= 0.6 is 11.8 Å². The second kappa shape index (κ2) is 8.51. The Bertz CT molecular complexity index is 790. The number of benzene rings is 1. The highest BCUT2D eigenvalue weighted by Gasteiger charge is 2.33. The van der Waals surface area contributed by atoms with Crippen LogP contribution in [-0.2, 0) is 9.59 Å². The zero-order chi connectivity index (χ0) is 19.4. The molecule has 1 unspecified atom stereocenters. The van der Waals surface area contributed by atoms with E-state index in [9.17, 15) is 19.7 Å². The molecule has 1 saturated heterocycles. The smallest absolute Gasteiger partial charge is 0.293 e. The minimum Gasteiger partial charge on any atom is -0.320 e. The van der Waals surface area contributed by atoms with E-state index in [0.717, 1.165) is 31.2 Å². The quantitative estimate of drug-likeness (QED) is 0.592. The summed E-state index contributed by atoms with van der Waals surface area (Å²) in [5.74, 6) is -0.684. The third-order valence-corrected chi connectivity index (χ3v) is 5.74. The molecule has 1 aromatic carbocycles. The fourth-order valence-corrected chi connectivity index (χ4v) is 4.28. The minimum absolute atomic E-state index is 0.0643. The molecule has 0 aromatic heterocycles. The van der Waals surface area contributed by atoms with Gasteiger partial charge in [0.05, 0.1) is 11.0 Å². The maximum absolute atomic E-state index is 12.3. The Hall–Kier alpha value is -2.42. The number of nitrogens with zero attached hydrogens (tertiary/aromatic N) is 2. The van der Waals surface area contributed by atoms with E-state index < -0.39 is 16.1 Å². The first-order valence-corrected chi connectivity index (χ1v) is 9.90. The number of aryl methyl sites for hydroxylation is 1. The number of nitro groups is 1. The highest BCUT2D eigenvalue weighted by molar-refractivity contribution is 8.15. The molecule has 2 aliphatic rings. The first-order valence-electron chi connectivity index (χ1n) is 9.02. The SMILES string of the molecule is Cc1ccc(NC(=O)CC2SC(=NC3CCCCC3)NC2=O)c([N+](=O)[O-])c1. The first-order chi connectivity index (χ1) is 12.9. The average molecular weight is 390 g/mol. The maximum atomic E-state index is 12.3. The molecule has 3 rings (SSSR count). The molecule has 1 aromatic rings. The Morgan fingerprint density at radius 1 is 1.37 bits per heavy atom. The van der Waals surface area contributed by atoms with Crippen molar-refractivity contribution >= 4 is 40.1 Å². The van der Waals surface area contributed by atoms with E-state index in [-0.39, 0.29) is 29.7 Å². The van der Waals surface area contributed by atoms with Gasteiger partial charge in [-0.25, -0.2) is 0 Å². The van der Waals surface area contributed by atoms with Crippen LogP contribution in [0.3, 0.4) is 0 Å². The average Bonchev–Trinajstić information content (AvgIpc) is 2.96. The standard InChI is InChI=1S/C18H22N4O4S/c1-11-7-8-13(14(9-11)22(25)26)20-16(23)10-15-17(24)21-18(27-15)19-12-5-3-2-4-6-12/h7-9,12,15H,2-6,10H2,1H3,(H,20,23)(H,19,21,24). The van der Waals surface area contributed by atoms with Gasteiger partial charge in [0.1, 0.15) is 10.9 Å². The molecule has 0 bridgehead atoms. The lowest BCUT2D eigenvalue weighted by Crippen LogP contribution is -2.28. The molecule has 9 heteroatoms. The number of anilines is 1. The summed E-state index contributed by atoms with van der Waals surface area (Å²) >= 11 is 1.26. The van der Waals surface area contributed by atoms with Crippen molar-refractivity contribution in [2.24, 2.45) is 4.99 Å². The molecule has 1 atom stereocenters. The number of carbonyl (C=O) groups excluding carboxylic acids is 2. The lowest BCUT2D eigenvalue weighted by atomic mass is 9.96. The molecule has 2 fully saturated rings. The third kappa shape index (κ3) is 5.06. The number of amidine groups is 1. The van der Waals surface area contributed by atoms with E-state index in [1.807, 2.05) is 0 Å². The molecule has 1 aliphatic heterocycles. The Kier molecular flexibility index (Phi) is 6.10. The van der Waals surface area contributed by atoms with E-state index in [4.69, 9.17) is 0 Å². The highest BCUT2D eigenvalue weighted by atomic mass is 32.2. The number of nitro benzene ring substituents is 1. The fraction of sp³-hybridized carbons (Fsp3) is 0.500. The van der Waals surface area contributed by atoms with Gasteiger partial charge < -0.3 is 10.6 Å². The van der Waals surface area contributed by atoms with Gasteiger partial charge in [-0.05, 0) is 31.4 Å². The minimum atomic E-state index is -0.572. The van der Waals surface area contributed by atoms with Crippen LogP contribution in [0, 0.1) is 17.0 Å². The van der Waals surface area contributed by atoms with Gasteiger partial charge in [-0.2, -0.15) is 0 Å². The zero-order valence-electron chi connectivity index (χ0n) is 15.1. The van der Waals surface area contributed by atoms with E-state index in [2.05, 4.69) is 15.6 Å². The molecule has 0 spiro atoms. The summed E-state index contributed by atoms with van der Waals surface area (Å²) in [6.07, 6.45) is 5.53. The number of hydrogen-bond acceptors (Lipinski definition) is 6. The summed E-state index contributed by atoms with van der Waals surface area (Å²) in [5, 5.41) is 16.4. The first kappa shape index (κ1) is 19.3. The summed E-state index contributed by atoms with van der Waals surface area (Å²) in [6, 6.07) is 4.84. The topological polar surface area (TPSA) is 114 Å². The van der Waals surface area contributed by atoms with Crippen molar-refractivity contribution in [3.05, 3.63) is 33.9 Å². The van der Waals surface area contributed by atoms with Crippen LogP contribution in [-0.4, -0.2) is 33.2 Å². The lowest BCUT2D eigenvalue weighted by molar-refractivity contribution is -0.384. The highest BCUT2D eigenvalue weighted by Crippen LogP contribution is 2.28. The Morgan fingerprint density at radius 2 is 2.11 bits per heavy atom. The van der Waals surface area contributed by atoms with Gasteiger partial charge in [0.2, 0.25) is 11.8 Å². The summed E-state index contributed by atoms with van der Waals surface area (Å²) in [4.78, 5) is 39.7. The predicted octanol–water partition coefficient (Wildman–Crippen LogP) is 3.15. The summed E-state index contributed by atoms with van der Waals surface area (Å²) < 4.78 is 0. The second-order valence-electron chi connectivity index (χ2n) is 6.85. The van der Waals surface area contributed by atoms with Crippen molar-refractivity contribution in [2.75, 3.05) is 5.32 Å². The van der Waals surface area contributed by atoms with Crippen molar-refractivity contribution in [3.8, 4) is 0 Å². The van der Waals surface area contributed by atoms with Crippen LogP contribution in [0.15, 0.2) is 23.2 Å². The zero-order valence-corrected chi connectivity index (χ0v) is 15.9. The third-order valence-electron chi connectivity index (χ3n) is 4.65. The number of carbonyl (C=O) groups is 2. The molecule has 144 valence electrons. The van der Waals surface area contributed by atoms with E-state index in [1.54, 1.807) is 13.0 Å². The van der Waals surface area contributed by atoms with Crippen molar-refractivity contribution in [2.45, 2.75) is 56.7 Å². The van der Waals surface area contributed by atoms with Gasteiger partial charge in [-0.15, -0.1) is 0 Å². The van der Waals surface area contributed by atoms with E-state index >= 15 is 0 Å². The maximum Gasteiger partial charge on any atom is 0.293 e. The second-order valence-corrected chi connectivity index (χ2v) is 8.04. The monoisotopic (exact) mass is 390 g/mol. The van der Waals surface area contributed by atoms with Crippen LogP contribution in [0.4, 0.5) is 11.4 Å². The van der Waals surface area contributed by atoms with Gasteiger partial charge >= 0.3 is 0 Å². The van der Waals surface area contributed by atoms with Gasteiger partial charge in [-0.1, -0.05) is 37.1 Å². The van der Waals surface area contributed by atoms with E-state index in [1.165, 1.54) is 30.3 Å². The van der Waals surface area contributed by atoms with Crippen LogP contribution < -0.4 is 10.6 Å². The Morgan fingerprint density at radius 3 is 2.81 bits per heavy atom. The normalized spacial score (nSPS) is 21.9. The molecule has 1 saturated carbocycles. The number of amides is 2. The summed E-state index contributed by atoms with van der Waals surface area (Å²) in [6.45, 7) is 1.74. The number of rotatable bonds is 5. The van der Waals surface area contributed by atoms with Crippen molar-refractivity contribution in [3.63, 3.8) is 0 Å². The van der Waals surface area contributed by atoms with Gasteiger partial charge in [0, 0.05) is 12.5 Å². The van der Waals surface area contributed by atoms with Gasteiger partial charge in [0.25, 0.3) is 5.69 Å². The largest absolute Gasteiger partial charge is 0.320 e. The molecule has 27 heavy (non-hydrogen) atoms. The van der Waals surface area contributed by atoms with Crippen LogP contribution in [0.1, 0.15) is 44.1 Å². The molecule has 0 radical (unpaired) electrons. The number of nitrogens with one attached hydrogen (secondary N) is 2. The lowest BCUT2D eigenvalue weighted by Gasteiger charge is -2.17. The van der Waals surface area contributed by atoms with Crippen molar-refractivity contribution in [1.82, 2.24) is 5.32 Å². The predicted molar refractivity (Wildman–Crippen MR) is 105 cm³/mol. The van der Waals surface area contributed by atoms with Crippen molar-refractivity contribution in [1.29, 1.82) is 0 Å². The number of aliphatic imine (C=N–C) groups is 1. The molecule has 1 aliphatic carbocycles. The van der Waals surface area contributed by atoms with Crippen LogP contribution in [0.5, 0.6) is 0 Å². The Balaban J connectivity index is 1.60. The molecule has 1 heterocycles. The number of hydrogen-bond donors (Lipinski definition) is 2. The Labute approximate surface area is 161 Å². The molecule has 8 nitrogen and oxygen atoms in total. The van der Waals surface area contributed by atoms with Gasteiger partial charge in [-0.3, -0.25) is 24.7 Å². The van der Waals surface area contributed by atoms with E-state index in [0.29, 0.717) is 5.17 Å². The van der Waals surface area contributed by atoms with Gasteiger partial charge in [0.15, 0.2) is 5.17 Å². The molecular formula is C18H22N4O4S. The van der Waals surface area contributed by atoms with Crippen LogP contribution in [0.25, 0.3) is 0 Å². The fourth-order valence-electron chi connectivity index (χ4n) is 3.24. The summed E-state index contributed by atoms with van der Waals surface area (Å²) in [7, 11) is 0. The summed E-state index contributed by atoms with van der Waals surface area (Å²) in [5.41, 5.74) is 0.704. The van der Waals surface area contributed by atoms with Crippen molar-refractivity contribution < 1.29 is 14.5 Å². The van der Waals surface area contributed by atoms with Crippen LogP contribution in [0.2, 0.25) is 0 Å².